The van der Waals surface area contributed by atoms with Gasteiger partial charge in [-0.25, -0.2) is 8.42 Å². The number of piperidine rings is 1. The van der Waals surface area contributed by atoms with Crippen LogP contribution < -0.4 is 20.7 Å². The van der Waals surface area contributed by atoms with Crippen LogP contribution in [0, 0.1) is 6.92 Å². The first-order chi connectivity index (χ1) is 21.9. The smallest absolute Gasteiger partial charge is 0.233 e. The lowest BCUT2D eigenvalue weighted by molar-refractivity contribution is 0.243. The van der Waals surface area contributed by atoms with E-state index in [1.807, 2.05) is 0 Å². The highest BCUT2D eigenvalue weighted by Gasteiger charge is 2.26. The highest BCUT2D eigenvalue weighted by atomic mass is 32.2. The lowest BCUT2D eigenvalue weighted by Gasteiger charge is -2.38. The SMILES string of the molecule is C=C([C@H](C)NC(C)C)N1CCC(c2cc(OC)c(Nc3nc(Nc4ccccc4S(=O)(=O)C(C)C)n4nccc4n3)cc2C)CC1. The molecule has 2 aromatic carbocycles. The van der Waals surface area contributed by atoms with E-state index in [1.54, 1.807) is 57.5 Å². The van der Waals surface area contributed by atoms with Gasteiger partial charge in [-0.3, -0.25) is 0 Å². The van der Waals surface area contributed by atoms with Crippen LogP contribution >= 0.6 is 0 Å². The summed E-state index contributed by atoms with van der Waals surface area (Å²) < 4.78 is 33.6. The quantitative estimate of drug-likeness (QED) is 0.164. The fraction of sp³-hybridized carbons (Fsp3) is 0.441. The monoisotopic (exact) mass is 646 g/mol. The Bertz CT molecular complexity index is 1810. The van der Waals surface area contributed by atoms with Crippen LogP contribution in [-0.2, 0) is 9.84 Å². The summed E-state index contributed by atoms with van der Waals surface area (Å²) in [7, 11) is -1.88. The highest BCUT2D eigenvalue weighted by Crippen LogP contribution is 2.38. The third kappa shape index (κ3) is 6.97. The number of fused-ring (bicyclic) bond motifs is 1. The molecule has 0 bridgehead atoms. The Morgan fingerprint density at radius 3 is 2.39 bits per heavy atom. The number of hydrogen-bond donors (Lipinski definition) is 3. The Morgan fingerprint density at radius 2 is 1.72 bits per heavy atom. The molecule has 1 aliphatic rings. The fourth-order valence-electron chi connectivity index (χ4n) is 6.03. The maximum atomic E-state index is 13.1. The topological polar surface area (TPSA) is 126 Å². The molecule has 0 amide bonds. The first kappa shape index (κ1) is 33.2. The molecule has 4 aromatic rings. The summed E-state index contributed by atoms with van der Waals surface area (Å²) in [6.07, 6.45) is 3.69. The third-order valence-corrected chi connectivity index (χ3v) is 10.8. The maximum Gasteiger partial charge on any atom is 0.233 e. The molecule has 0 unspecified atom stereocenters. The molecule has 5 rings (SSSR count). The molecule has 3 N–H and O–H groups in total. The molecule has 1 aliphatic heterocycles. The Balaban J connectivity index is 1.38. The van der Waals surface area contributed by atoms with Crippen LogP contribution in [0.4, 0.5) is 23.3 Å². The number of para-hydroxylation sites is 1. The van der Waals surface area contributed by atoms with E-state index in [4.69, 9.17) is 9.72 Å². The van der Waals surface area contributed by atoms with E-state index in [1.165, 1.54) is 10.1 Å². The summed E-state index contributed by atoms with van der Waals surface area (Å²) in [5.41, 5.74) is 5.28. The van der Waals surface area contributed by atoms with Crippen molar-refractivity contribution in [2.75, 3.05) is 30.8 Å². The van der Waals surface area contributed by atoms with Gasteiger partial charge in [0.25, 0.3) is 0 Å². The first-order valence-corrected chi connectivity index (χ1v) is 17.4. The fourth-order valence-corrected chi connectivity index (χ4v) is 7.23. The minimum atomic E-state index is -3.55. The van der Waals surface area contributed by atoms with Crippen LogP contribution in [0.5, 0.6) is 5.75 Å². The second kappa shape index (κ2) is 13.7. The van der Waals surface area contributed by atoms with E-state index < -0.39 is 15.1 Å². The van der Waals surface area contributed by atoms with Crippen molar-refractivity contribution in [2.45, 2.75) is 82.5 Å². The summed E-state index contributed by atoms with van der Waals surface area (Å²) >= 11 is 0. The zero-order chi connectivity index (χ0) is 33.2. The van der Waals surface area contributed by atoms with Gasteiger partial charge in [-0.1, -0.05) is 32.6 Å². The molecule has 0 saturated carbocycles. The second-order valence-electron chi connectivity index (χ2n) is 12.5. The number of hydrogen-bond acceptors (Lipinski definition) is 10. The van der Waals surface area contributed by atoms with Gasteiger partial charge in [0, 0.05) is 36.9 Å². The summed E-state index contributed by atoms with van der Waals surface area (Å²) in [6, 6.07) is 13.4. The van der Waals surface area contributed by atoms with Crippen molar-refractivity contribution >= 4 is 38.8 Å². The minimum absolute atomic E-state index is 0.197. The lowest BCUT2D eigenvalue weighted by atomic mass is 9.86. The van der Waals surface area contributed by atoms with E-state index in [2.05, 4.69) is 77.3 Å². The molecule has 1 atom stereocenters. The largest absolute Gasteiger partial charge is 0.495 e. The lowest BCUT2D eigenvalue weighted by Crippen LogP contribution is -2.42. The summed E-state index contributed by atoms with van der Waals surface area (Å²) in [5.74, 6) is 1.75. The zero-order valence-electron chi connectivity index (χ0n) is 27.8. The Labute approximate surface area is 272 Å². The van der Waals surface area contributed by atoms with Gasteiger partial charge < -0.3 is 25.6 Å². The van der Waals surface area contributed by atoms with Gasteiger partial charge in [-0.2, -0.15) is 19.6 Å². The molecule has 0 radical (unpaired) electrons. The van der Waals surface area contributed by atoms with Crippen LogP contribution in [0.15, 0.2) is 65.8 Å². The number of rotatable bonds is 12. The third-order valence-electron chi connectivity index (χ3n) is 8.58. The van der Waals surface area contributed by atoms with Gasteiger partial charge in [-0.15, -0.1) is 0 Å². The normalized spacial score (nSPS) is 15.0. The minimum Gasteiger partial charge on any atom is -0.495 e. The predicted molar refractivity (Wildman–Crippen MR) is 184 cm³/mol. The number of methoxy groups -OCH3 is 1. The van der Waals surface area contributed by atoms with Gasteiger partial charge in [-0.05, 0) is 81.8 Å². The summed E-state index contributed by atoms with van der Waals surface area (Å²) in [5, 5.41) is 13.9. The Hall–Kier alpha value is -4.16. The molecule has 0 aliphatic carbocycles. The van der Waals surface area contributed by atoms with Crippen molar-refractivity contribution in [3.63, 3.8) is 0 Å². The molecule has 0 spiro atoms. The average molecular weight is 647 g/mol. The van der Waals surface area contributed by atoms with Crippen molar-refractivity contribution in [1.29, 1.82) is 0 Å². The van der Waals surface area contributed by atoms with Crippen LogP contribution in [0.25, 0.3) is 5.65 Å². The van der Waals surface area contributed by atoms with Crippen molar-refractivity contribution in [3.8, 4) is 5.75 Å². The maximum absolute atomic E-state index is 13.1. The number of likely N-dealkylation sites (tertiary alicyclic amines) is 1. The number of aryl methyl sites for hydroxylation is 1. The number of benzene rings is 2. The molecular formula is C34H46N8O3S. The molecule has 246 valence electrons. The van der Waals surface area contributed by atoms with Crippen LogP contribution in [-0.4, -0.2) is 70.4 Å². The predicted octanol–water partition coefficient (Wildman–Crippen LogP) is 6.19. The van der Waals surface area contributed by atoms with Gasteiger partial charge >= 0.3 is 0 Å². The number of ether oxygens (including phenoxy) is 1. The summed E-state index contributed by atoms with van der Waals surface area (Å²) in [4.78, 5) is 12.0. The number of anilines is 4. The number of nitrogens with one attached hydrogen (secondary N) is 3. The molecule has 1 saturated heterocycles. The van der Waals surface area contributed by atoms with E-state index >= 15 is 0 Å². The first-order valence-electron chi connectivity index (χ1n) is 15.9. The van der Waals surface area contributed by atoms with Crippen molar-refractivity contribution < 1.29 is 13.2 Å². The van der Waals surface area contributed by atoms with Crippen LogP contribution in [0.3, 0.4) is 0 Å². The molecule has 12 heteroatoms. The number of nitrogens with zero attached hydrogens (tertiary/aromatic N) is 5. The molecule has 3 heterocycles. The molecular weight excluding hydrogens is 600 g/mol. The molecule has 46 heavy (non-hydrogen) atoms. The van der Waals surface area contributed by atoms with Crippen molar-refractivity contribution in [2.24, 2.45) is 0 Å². The van der Waals surface area contributed by atoms with Crippen molar-refractivity contribution in [1.82, 2.24) is 29.8 Å². The van der Waals surface area contributed by atoms with E-state index in [0.29, 0.717) is 40.9 Å². The molecule has 2 aromatic heterocycles. The van der Waals surface area contributed by atoms with Crippen LogP contribution in [0.1, 0.15) is 64.5 Å². The zero-order valence-corrected chi connectivity index (χ0v) is 28.6. The van der Waals surface area contributed by atoms with Crippen LogP contribution in [0.2, 0.25) is 0 Å². The molecule has 11 nitrogen and oxygen atoms in total. The van der Waals surface area contributed by atoms with E-state index in [9.17, 15) is 8.42 Å². The van der Waals surface area contributed by atoms with Crippen molar-refractivity contribution in [3.05, 3.63) is 72.1 Å². The second-order valence-corrected chi connectivity index (χ2v) is 15.0. The molecule has 1 fully saturated rings. The Kier molecular flexibility index (Phi) is 9.88. The van der Waals surface area contributed by atoms with Gasteiger partial charge in [0.05, 0.1) is 34.8 Å². The average Bonchev–Trinajstić information content (AvgIpc) is 3.50. The number of sulfone groups is 1. The highest BCUT2D eigenvalue weighted by molar-refractivity contribution is 7.92. The van der Waals surface area contributed by atoms with E-state index in [-0.39, 0.29) is 10.9 Å². The number of aromatic nitrogens is 4. The summed E-state index contributed by atoms with van der Waals surface area (Å²) in [6.45, 7) is 18.3. The van der Waals surface area contributed by atoms with Gasteiger partial charge in [0.1, 0.15) is 5.75 Å². The van der Waals surface area contributed by atoms with Gasteiger partial charge in [0.2, 0.25) is 11.9 Å². The Morgan fingerprint density at radius 1 is 1.00 bits per heavy atom. The van der Waals surface area contributed by atoms with E-state index in [0.717, 1.165) is 42.9 Å². The standard InChI is InChI=1S/C34H46N8O3S/c1-21(2)36-24(6)25(7)41-17-14-26(15-18-41)27-20-30(45-8)29(19-23(27)5)37-33-39-32-13-16-35-42(32)34(40-33)38-28-11-9-10-12-31(28)46(43,44)22(3)4/h9-13,16,19-22,24,26,36H,7,14-15,17-18H2,1-6,8H3,(H2,37,38,39,40)/t24-/m0/s1. The van der Waals surface area contributed by atoms with Gasteiger partial charge in [0.15, 0.2) is 15.5 Å².